The SMILES string of the molecule is CC[C@H](C(=O)NCCOc1ccc2ccccc2c1)N(c1ccc(C)c(C)c1)S(C)(=O)=O. The fraction of sp³-hybridized carbons (Fsp3) is 0.320. The predicted octanol–water partition coefficient (Wildman–Crippen LogP) is 4.20. The molecular formula is C25H30N2O4S. The van der Waals surface area contributed by atoms with Crippen LogP contribution in [0.1, 0.15) is 24.5 Å². The summed E-state index contributed by atoms with van der Waals surface area (Å²) >= 11 is 0. The van der Waals surface area contributed by atoms with Crippen molar-refractivity contribution in [1.82, 2.24) is 5.32 Å². The molecule has 0 aliphatic carbocycles. The van der Waals surface area contributed by atoms with Gasteiger partial charge in [-0.2, -0.15) is 0 Å². The summed E-state index contributed by atoms with van der Waals surface area (Å²) in [7, 11) is -3.66. The number of amides is 1. The fourth-order valence-corrected chi connectivity index (χ4v) is 4.84. The highest BCUT2D eigenvalue weighted by Gasteiger charge is 2.31. The predicted molar refractivity (Wildman–Crippen MR) is 130 cm³/mol. The Balaban J connectivity index is 1.65. The molecule has 0 radical (unpaired) electrons. The molecule has 0 aromatic heterocycles. The van der Waals surface area contributed by atoms with Crippen molar-refractivity contribution in [3.8, 4) is 5.75 Å². The molecule has 1 amide bonds. The number of hydrogen-bond donors (Lipinski definition) is 1. The zero-order chi connectivity index (χ0) is 23.3. The Bertz CT molecular complexity index is 1210. The van der Waals surface area contributed by atoms with Gasteiger partial charge in [0.25, 0.3) is 0 Å². The molecule has 0 unspecified atom stereocenters. The minimum absolute atomic E-state index is 0.271. The molecule has 0 spiro atoms. The van der Waals surface area contributed by atoms with E-state index in [4.69, 9.17) is 4.74 Å². The first-order valence-corrected chi connectivity index (χ1v) is 12.5. The molecule has 0 heterocycles. The molecule has 0 saturated carbocycles. The van der Waals surface area contributed by atoms with Crippen LogP contribution in [-0.4, -0.2) is 39.8 Å². The molecule has 0 aliphatic heterocycles. The van der Waals surface area contributed by atoms with Crippen molar-refractivity contribution in [3.63, 3.8) is 0 Å². The molecule has 3 rings (SSSR count). The molecular weight excluding hydrogens is 424 g/mol. The maximum absolute atomic E-state index is 12.9. The number of carbonyl (C=O) groups is 1. The highest BCUT2D eigenvalue weighted by atomic mass is 32.2. The van der Waals surface area contributed by atoms with Crippen molar-refractivity contribution in [2.24, 2.45) is 0 Å². The fourth-order valence-electron chi connectivity index (χ4n) is 3.64. The van der Waals surface area contributed by atoms with Gasteiger partial charge in [0.1, 0.15) is 18.4 Å². The highest BCUT2D eigenvalue weighted by molar-refractivity contribution is 7.92. The number of benzene rings is 3. The minimum atomic E-state index is -3.66. The van der Waals surface area contributed by atoms with E-state index in [1.54, 1.807) is 19.1 Å². The lowest BCUT2D eigenvalue weighted by Gasteiger charge is -2.30. The summed E-state index contributed by atoms with van der Waals surface area (Å²) in [6, 6.07) is 18.4. The number of nitrogens with one attached hydrogen (secondary N) is 1. The average Bonchev–Trinajstić information content (AvgIpc) is 2.76. The van der Waals surface area contributed by atoms with Crippen molar-refractivity contribution < 1.29 is 17.9 Å². The zero-order valence-corrected chi connectivity index (χ0v) is 19.8. The second-order valence-corrected chi connectivity index (χ2v) is 9.76. The quantitative estimate of drug-likeness (QED) is 0.492. The molecule has 7 heteroatoms. The Morgan fingerprint density at radius 2 is 1.72 bits per heavy atom. The van der Waals surface area contributed by atoms with Gasteiger partial charge in [0, 0.05) is 0 Å². The summed E-state index contributed by atoms with van der Waals surface area (Å²) in [5, 5.41) is 5.03. The van der Waals surface area contributed by atoms with Gasteiger partial charge in [0.05, 0.1) is 18.5 Å². The summed E-state index contributed by atoms with van der Waals surface area (Å²) in [4.78, 5) is 12.9. The van der Waals surface area contributed by atoms with Crippen LogP contribution in [0.2, 0.25) is 0 Å². The third-order valence-electron chi connectivity index (χ3n) is 5.47. The number of rotatable bonds is 9. The first-order valence-electron chi connectivity index (χ1n) is 10.7. The molecule has 0 bridgehead atoms. The van der Waals surface area contributed by atoms with Gasteiger partial charge in [-0.1, -0.05) is 43.3 Å². The molecule has 6 nitrogen and oxygen atoms in total. The van der Waals surface area contributed by atoms with Gasteiger partial charge in [-0.3, -0.25) is 9.10 Å². The molecule has 170 valence electrons. The highest BCUT2D eigenvalue weighted by Crippen LogP contribution is 2.25. The van der Waals surface area contributed by atoms with Gasteiger partial charge in [-0.15, -0.1) is 0 Å². The summed E-state index contributed by atoms with van der Waals surface area (Å²) in [6.45, 7) is 6.23. The van der Waals surface area contributed by atoms with Gasteiger partial charge in [-0.05, 0) is 66.4 Å². The number of nitrogens with zero attached hydrogens (tertiary/aromatic N) is 1. The third kappa shape index (κ3) is 5.59. The van der Waals surface area contributed by atoms with Crippen LogP contribution < -0.4 is 14.4 Å². The van der Waals surface area contributed by atoms with E-state index < -0.39 is 16.1 Å². The van der Waals surface area contributed by atoms with Gasteiger partial charge < -0.3 is 10.1 Å². The van der Waals surface area contributed by atoms with Crippen molar-refractivity contribution in [3.05, 3.63) is 71.8 Å². The van der Waals surface area contributed by atoms with E-state index in [1.165, 1.54) is 4.31 Å². The van der Waals surface area contributed by atoms with Crippen LogP contribution in [-0.2, 0) is 14.8 Å². The summed E-state index contributed by atoms with van der Waals surface area (Å²) < 4.78 is 32.1. The lowest BCUT2D eigenvalue weighted by Crippen LogP contribution is -2.50. The lowest BCUT2D eigenvalue weighted by molar-refractivity contribution is -0.122. The number of ether oxygens (including phenoxy) is 1. The Kier molecular flexibility index (Phi) is 7.40. The van der Waals surface area contributed by atoms with E-state index in [0.29, 0.717) is 12.1 Å². The van der Waals surface area contributed by atoms with E-state index in [-0.39, 0.29) is 19.1 Å². The van der Waals surface area contributed by atoms with E-state index in [2.05, 4.69) is 5.32 Å². The number of carbonyl (C=O) groups excluding carboxylic acids is 1. The van der Waals surface area contributed by atoms with Crippen LogP contribution in [0, 0.1) is 13.8 Å². The van der Waals surface area contributed by atoms with Gasteiger partial charge in [0.15, 0.2) is 0 Å². The van der Waals surface area contributed by atoms with E-state index in [1.807, 2.05) is 62.4 Å². The van der Waals surface area contributed by atoms with Crippen LogP contribution in [0.5, 0.6) is 5.75 Å². The van der Waals surface area contributed by atoms with Gasteiger partial charge >= 0.3 is 0 Å². The zero-order valence-electron chi connectivity index (χ0n) is 19.0. The van der Waals surface area contributed by atoms with Crippen LogP contribution in [0.15, 0.2) is 60.7 Å². The Morgan fingerprint density at radius 3 is 2.38 bits per heavy atom. The number of hydrogen-bond acceptors (Lipinski definition) is 4. The van der Waals surface area contributed by atoms with Crippen LogP contribution in [0.4, 0.5) is 5.69 Å². The molecule has 0 fully saturated rings. The monoisotopic (exact) mass is 454 g/mol. The Hall–Kier alpha value is -3.06. The molecule has 1 atom stereocenters. The smallest absolute Gasteiger partial charge is 0.244 e. The number of sulfonamides is 1. The topological polar surface area (TPSA) is 75.7 Å². The summed E-state index contributed by atoms with van der Waals surface area (Å²) in [5.74, 6) is 0.371. The molecule has 3 aromatic rings. The minimum Gasteiger partial charge on any atom is -0.492 e. The number of anilines is 1. The second-order valence-electron chi connectivity index (χ2n) is 7.90. The first-order chi connectivity index (χ1) is 15.2. The van der Waals surface area contributed by atoms with Gasteiger partial charge in [-0.25, -0.2) is 8.42 Å². The van der Waals surface area contributed by atoms with Crippen molar-refractivity contribution in [2.75, 3.05) is 23.7 Å². The molecule has 0 aliphatic rings. The lowest BCUT2D eigenvalue weighted by atomic mass is 10.1. The second kappa shape index (κ2) is 10.0. The maximum atomic E-state index is 12.9. The Labute approximate surface area is 190 Å². The van der Waals surface area contributed by atoms with E-state index in [9.17, 15) is 13.2 Å². The standard InChI is InChI=1S/C25H30N2O4S/c1-5-24(27(32(4,29)30)22-12-10-18(2)19(3)16-22)25(28)26-14-15-31-23-13-11-20-8-6-7-9-21(20)17-23/h6-13,16-17,24H,5,14-15H2,1-4H3,(H,26,28)/t24-/m1/s1. The summed E-state index contributed by atoms with van der Waals surface area (Å²) in [6.07, 6.45) is 1.47. The summed E-state index contributed by atoms with van der Waals surface area (Å²) in [5.41, 5.74) is 2.52. The van der Waals surface area contributed by atoms with Gasteiger partial charge in [0.2, 0.25) is 15.9 Å². The normalized spacial score (nSPS) is 12.4. The van der Waals surface area contributed by atoms with E-state index in [0.717, 1.165) is 33.9 Å². The number of aryl methyl sites for hydroxylation is 2. The molecule has 3 aromatic carbocycles. The number of fused-ring (bicyclic) bond motifs is 1. The maximum Gasteiger partial charge on any atom is 0.244 e. The van der Waals surface area contributed by atoms with E-state index >= 15 is 0 Å². The molecule has 1 N–H and O–H groups in total. The van der Waals surface area contributed by atoms with Crippen LogP contribution >= 0.6 is 0 Å². The van der Waals surface area contributed by atoms with Crippen molar-refractivity contribution >= 4 is 32.4 Å². The largest absolute Gasteiger partial charge is 0.492 e. The Morgan fingerprint density at radius 1 is 1.00 bits per heavy atom. The third-order valence-corrected chi connectivity index (χ3v) is 6.65. The van der Waals surface area contributed by atoms with Crippen LogP contribution in [0.25, 0.3) is 10.8 Å². The molecule has 32 heavy (non-hydrogen) atoms. The van der Waals surface area contributed by atoms with Crippen molar-refractivity contribution in [2.45, 2.75) is 33.2 Å². The average molecular weight is 455 g/mol. The molecule has 0 saturated heterocycles. The first kappa shape index (κ1) is 23.6. The van der Waals surface area contributed by atoms with Crippen LogP contribution in [0.3, 0.4) is 0 Å². The van der Waals surface area contributed by atoms with Crippen molar-refractivity contribution in [1.29, 1.82) is 0 Å².